The van der Waals surface area contributed by atoms with E-state index in [1.165, 1.54) is 18.4 Å². The topological polar surface area (TPSA) is 29.9 Å². The maximum atomic E-state index is 4.20. The van der Waals surface area contributed by atoms with E-state index in [4.69, 9.17) is 0 Å². The quantitative estimate of drug-likeness (QED) is 0.843. The molecule has 3 heteroatoms. The summed E-state index contributed by atoms with van der Waals surface area (Å²) in [6, 6.07) is 11.2. The Morgan fingerprint density at radius 1 is 1.25 bits per heavy atom. The van der Waals surface area contributed by atoms with Crippen molar-refractivity contribution in [2.45, 2.75) is 25.4 Å². The Bertz CT molecular complexity index is 441. The van der Waals surface area contributed by atoms with Gasteiger partial charge in [0, 0.05) is 25.0 Å². The lowest BCUT2D eigenvalue weighted by Gasteiger charge is -2.05. The predicted molar refractivity (Wildman–Crippen MR) is 63.4 cm³/mol. The molecule has 1 saturated carbocycles. The molecule has 0 radical (unpaired) electrons. The molecule has 1 aliphatic rings. The summed E-state index contributed by atoms with van der Waals surface area (Å²) in [5, 5.41) is 7.71. The molecule has 0 aliphatic heterocycles. The Morgan fingerprint density at radius 3 is 2.69 bits per heavy atom. The van der Waals surface area contributed by atoms with Crippen molar-refractivity contribution in [2.75, 3.05) is 0 Å². The van der Waals surface area contributed by atoms with E-state index in [1.54, 1.807) is 6.20 Å². The Hall–Kier alpha value is -1.61. The first kappa shape index (κ1) is 9.60. The van der Waals surface area contributed by atoms with Crippen molar-refractivity contribution in [3.8, 4) is 5.69 Å². The third-order valence-corrected chi connectivity index (χ3v) is 2.88. The van der Waals surface area contributed by atoms with Crippen molar-refractivity contribution in [3.05, 3.63) is 48.3 Å². The molecule has 1 N–H and O–H groups in total. The average molecular weight is 213 g/mol. The van der Waals surface area contributed by atoms with E-state index < -0.39 is 0 Å². The second-order valence-electron chi connectivity index (χ2n) is 4.27. The number of nitrogens with one attached hydrogen (secondary N) is 1. The highest BCUT2D eigenvalue weighted by atomic mass is 15.3. The fraction of sp³-hybridized carbons (Fsp3) is 0.308. The maximum absolute atomic E-state index is 4.20. The highest BCUT2D eigenvalue weighted by Crippen LogP contribution is 2.19. The molecular weight excluding hydrogens is 198 g/mol. The molecule has 2 aromatic rings. The van der Waals surface area contributed by atoms with Gasteiger partial charge in [0.1, 0.15) is 0 Å². The van der Waals surface area contributed by atoms with Crippen LogP contribution in [0.5, 0.6) is 0 Å². The van der Waals surface area contributed by atoms with Crippen LogP contribution in [0.4, 0.5) is 0 Å². The van der Waals surface area contributed by atoms with Crippen molar-refractivity contribution in [1.29, 1.82) is 0 Å². The molecule has 3 nitrogen and oxygen atoms in total. The van der Waals surface area contributed by atoms with Crippen LogP contribution in [0.25, 0.3) is 5.69 Å². The smallest absolute Gasteiger partial charge is 0.0645 e. The summed E-state index contributed by atoms with van der Waals surface area (Å²) in [6.45, 7) is 0.976. The minimum Gasteiger partial charge on any atom is -0.310 e. The van der Waals surface area contributed by atoms with Gasteiger partial charge in [-0.1, -0.05) is 12.1 Å². The van der Waals surface area contributed by atoms with Crippen LogP contribution in [-0.2, 0) is 6.54 Å². The van der Waals surface area contributed by atoms with Crippen molar-refractivity contribution >= 4 is 0 Å². The molecule has 3 rings (SSSR count). The Balaban J connectivity index is 1.69. The van der Waals surface area contributed by atoms with Gasteiger partial charge in [-0.3, -0.25) is 0 Å². The van der Waals surface area contributed by atoms with E-state index in [1.807, 2.05) is 16.9 Å². The van der Waals surface area contributed by atoms with Crippen LogP contribution in [0.3, 0.4) is 0 Å². The molecule has 0 atom stereocenters. The molecule has 1 heterocycles. The molecule has 1 fully saturated rings. The molecule has 1 aromatic heterocycles. The molecular formula is C13H15N3. The number of aromatic nitrogens is 2. The highest BCUT2D eigenvalue weighted by Gasteiger charge is 2.19. The first-order valence-corrected chi connectivity index (χ1v) is 5.74. The molecule has 0 amide bonds. The largest absolute Gasteiger partial charge is 0.310 e. The third kappa shape index (κ3) is 2.14. The van der Waals surface area contributed by atoms with Gasteiger partial charge in [-0.15, -0.1) is 0 Å². The van der Waals surface area contributed by atoms with Gasteiger partial charge in [0.15, 0.2) is 0 Å². The van der Waals surface area contributed by atoms with Gasteiger partial charge in [0.05, 0.1) is 5.69 Å². The SMILES string of the molecule is c1cnn(-c2ccc(CNC3CC3)cc2)c1. The number of benzene rings is 1. The zero-order valence-corrected chi connectivity index (χ0v) is 9.13. The van der Waals surface area contributed by atoms with Crippen LogP contribution >= 0.6 is 0 Å². The lowest BCUT2D eigenvalue weighted by atomic mass is 10.2. The van der Waals surface area contributed by atoms with E-state index in [0.29, 0.717) is 0 Å². The van der Waals surface area contributed by atoms with E-state index in [-0.39, 0.29) is 0 Å². The van der Waals surface area contributed by atoms with Gasteiger partial charge < -0.3 is 5.32 Å². The molecule has 1 aliphatic carbocycles. The molecule has 0 spiro atoms. The van der Waals surface area contributed by atoms with E-state index >= 15 is 0 Å². The Labute approximate surface area is 95.1 Å². The minimum atomic E-state index is 0.769. The summed E-state index contributed by atoms with van der Waals surface area (Å²) >= 11 is 0. The van der Waals surface area contributed by atoms with Crippen LogP contribution in [0.15, 0.2) is 42.7 Å². The summed E-state index contributed by atoms with van der Waals surface area (Å²) in [6.07, 6.45) is 6.43. The van der Waals surface area contributed by atoms with Crippen molar-refractivity contribution in [2.24, 2.45) is 0 Å². The van der Waals surface area contributed by atoms with Crippen LogP contribution < -0.4 is 5.32 Å². The first-order valence-electron chi connectivity index (χ1n) is 5.74. The van der Waals surface area contributed by atoms with Crippen molar-refractivity contribution < 1.29 is 0 Å². The summed E-state index contributed by atoms with van der Waals surface area (Å²) in [7, 11) is 0. The Morgan fingerprint density at radius 2 is 2.06 bits per heavy atom. The fourth-order valence-electron chi connectivity index (χ4n) is 1.74. The summed E-state index contributed by atoms with van der Waals surface area (Å²) in [5.41, 5.74) is 2.45. The first-order chi connectivity index (χ1) is 7.92. The predicted octanol–water partition coefficient (Wildman–Crippen LogP) is 2.12. The van der Waals surface area contributed by atoms with E-state index in [2.05, 4.69) is 34.7 Å². The lowest BCUT2D eigenvalue weighted by molar-refractivity contribution is 0.687. The summed E-state index contributed by atoms with van der Waals surface area (Å²) < 4.78 is 1.87. The minimum absolute atomic E-state index is 0.769. The normalized spacial score (nSPS) is 15.2. The van der Waals surface area contributed by atoms with Crippen LogP contribution in [0.2, 0.25) is 0 Å². The van der Waals surface area contributed by atoms with Gasteiger partial charge >= 0.3 is 0 Å². The number of rotatable bonds is 4. The van der Waals surface area contributed by atoms with Gasteiger partial charge in [-0.2, -0.15) is 5.10 Å². The fourth-order valence-corrected chi connectivity index (χ4v) is 1.74. The molecule has 82 valence electrons. The summed E-state index contributed by atoms with van der Waals surface area (Å²) in [5.74, 6) is 0. The molecule has 0 bridgehead atoms. The number of hydrogen-bond donors (Lipinski definition) is 1. The lowest BCUT2D eigenvalue weighted by Crippen LogP contribution is -2.15. The maximum Gasteiger partial charge on any atom is 0.0645 e. The van der Waals surface area contributed by atoms with Gasteiger partial charge in [-0.05, 0) is 36.6 Å². The zero-order chi connectivity index (χ0) is 10.8. The van der Waals surface area contributed by atoms with Crippen LogP contribution in [0.1, 0.15) is 18.4 Å². The number of hydrogen-bond acceptors (Lipinski definition) is 2. The van der Waals surface area contributed by atoms with Crippen LogP contribution in [-0.4, -0.2) is 15.8 Å². The molecule has 0 saturated heterocycles. The van der Waals surface area contributed by atoms with E-state index in [0.717, 1.165) is 18.3 Å². The van der Waals surface area contributed by atoms with E-state index in [9.17, 15) is 0 Å². The Kier molecular flexibility index (Phi) is 2.46. The number of nitrogens with zero attached hydrogens (tertiary/aromatic N) is 2. The zero-order valence-electron chi connectivity index (χ0n) is 9.13. The van der Waals surface area contributed by atoms with Crippen molar-refractivity contribution in [1.82, 2.24) is 15.1 Å². The third-order valence-electron chi connectivity index (χ3n) is 2.88. The standard InChI is InChI=1S/C13H15N3/c1-8-15-16(9-1)13-6-2-11(3-7-13)10-14-12-4-5-12/h1-3,6-9,12,14H,4-5,10H2. The highest BCUT2D eigenvalue weighted by molar-refractivity contribution is 5.33. The molecule has 0 unspecified atom stereocenters. The second-order valence-corrected chi connectivity index (χ2v) is 4.27. The monoisotopic (exact) mass is 213 g/mol. The second kappa shape index (κ2) is 4.10. The van der Waals surface area contributed by atoms with Gasteiger partial charge in [0.2, 0.25) is 0 Å². The average Bonchev–Trinajstić information content (AvgIpc) is 3.00. The molecule has 16 heavy (non-hydrogen) atoms. The molecule has 1 aromatic carbocycles. The van der Waals surface area contributed by atoms with Crippen molar-refractivity contribution in [3.63, 3.8) is 0 Å². The van der Waals surface area contributed by atoms with Crippen LogP contribution in [0, 0.1) is 0 Å². The summed E-state index contributed by atoms with van der Waals surface area (Å²) in [4.78, 5) is 0. The van der Waals surface area contributed by atoms with Gasteiger partial charge in [-0.25, -0.2) is 4.68 Å². The van der Waals surface area contributed by atoms with Gasteiger partial charge in [0.25, 0.3) is 0 Å².